The molecule has 0 fully saturated rings. The largest absolute Gasteiger partial charge is 0.307 e. The molecule has 0 heterocycles. The van der Waals surface area contributed by atoms with Crippen LogP contribution in [0.15, 0.2) is 18.2 Å². The molecule has 17 heavy (non-hydrogen) atoms. The Kier molecular flexibility index (Phi) is 5.48. The Balaban J connectivity index is 2.72. The maximum atomic E-state index is 5.97. The molecule has 0 unspecified atom stereocenters. The fraction of sp³-hybridized carbons (Fsp3) is 0.600. The molecule has 1 aromatic rings. The molecular formula is C15H24ClN. The summed E-state index contributed by atoms with van der Waals surface area (Å²) in [6.45, 7) is 9.82. The van der Waals surface area contributed by atoms with Crippen LogP contribution in [0, 0.1) is 6.92 Å². The van der Waals surface area contributed by atoms with Gasteiger partial charge in [-0.05, 0) is 49.4 Å². The lowest BCUT2D eigenvalue weighted by atomic mass is 9.89. The minimum atomic E-state index is 0.284. The van der Waals surface area contributed by atoms with Crippen molar-refractivity contribution in [1.82, 2.24) is 5.32 Å². The smallest absolute Gasteiger partial charge is 0.0408 e. The Hall–Kier alpha value is -0.530. The van der Waals surface area contributed by atoms with Gasteiger partial charge in [0.2, 0.25) is 0 Å². The quantitative estimate of drug-likeness (QED) is 0.775. The number of halogens is 1. The van der Waals surface area contributed by atoms with Gasteiger partial charge in [0.15, 0.2) is 0 Å². The molecule has 1 nitrogen and oxygen atoms in total. The summed E-state index contributed by atoms with van der Waals surface area (Å²) in [7, 11) is 0. The highest BCUT2D eigenvalue weighted by atomic mass is 35.5. The molecule has 2 heteroatoms. The van der Waals surface area contributed by atoms with Crippen LogP contribution in [0.5, 0.6) is 0 Å². The van der Waals surface area contributed by atoms with E-state index in [1.807, 2.05) is 12.1 Å². The van der Waals surface area contributed by atoms with Crippen molar-refractivity contribution in [1.29, 1.82) is 0 Å². The van der Waals surface area contributed by atoms with E-state index in [2.05, 4.69) is 39.1 Å². The molecule has 0 bridgehead atoms. The van der Waals surface area contributed by atoms with E-state index in [-0.39, 0.29) is 5.54 Å². The van der Waals surface area contributed by atoms with E-state index >= 15 is 0 Å². The van der Waals surface area contributed by atoms with Gasteiger partial charge in [-0.15, -0.1) is 0 Å². The fourth-order valence-electron chi connectivity index (χ4n) is 2.27. The first-order valence-electron chi connectivity index (χ1n) is 6.57. The standard InChI is InChI=1S/C15H24ClN/c1-5-15(6-2,7-3)17-11-13-8-9-14(16)10-12(13)4/h8-10,17H,5-7,11H2,1-4H3. The number of aryl methyl sites for hydroxylation is 1. The highest BCUT2D eigenvalue weighted by Gasteiger charge is 2.22. The summed E-state index contributed by atoms with van der Waals surface area (Å²) in [4.78, 5) is 0. The maximum absolute atomic E-state index is 5.97. The monoisotopic (exact) mass is 253 g/mol. The van der Waals surface area contributed by atoms with E-state index in [1.54, 1.807) is 0 Å². The number of hydrogen-bond donors (Lipinski definition) is 1. The molecule has 1 aromatic carbocycles. The van der Waals surface area contributed by atoms with Gasteiger partial charge in [-0.25, -0.2) is 0 Å². The third-order valence-electron chi connectivity index (χ3n) is 3.99. The highest BCUT2D eigenvalue weighted by molar-refractivity contribution is 6.30. The normalized spacial score (nSPS) is 11.8. The number of hydrogen-bond acceptors (Lipinski definition) is 1. The molecule has 0 atom stereocenters. The first-order chi connectivity index (χ1) is 8.06. The number of rotatable bonds is 6. The summed E-state index contributed by atoms with van der Waals surface area (Å²) in [6.07, 6.45) is 3.52. The lowest BCUT2D eigenvalue weighted by Gasteiger charge is -2.32. The molecule has 0 saturated carbocycles. The molecule has 0 aliphatic heterocycles. The van der Waals surface area contributed by atoms with Gasteiger partial charge in [0.05, 0.1) is 0 Å². The molecular weight excluding hydrogens is 230 g/mol. The Bertz CT molecular complexity index is 348. The minimum Gasteiger partial charge on any atom is -0.307 e. The second-order valence-electron chi connectivity index (χ2n) is 4.77. The second-order valence-corrected chi connectivity index (χ2v) is 5.20. The van der Waals surface area contributed by atoms with E-state index in [1.165, 1.54) is 30.4 Å². The van der Waals surface area contributed by atoms with Crippen LogP contribution >= 0.6 is 11.6 Å². The first-order valence-corrected chi connectivity index (χ1v) is 6.94. The summed E-state index contributed by atoms with van der Waals surface area (Å²) in [5, 5.41) is 4.53. The van der Waals surface area contributed by atoms with E-state index in [9.17, 15) is 0 Å². The SMILES string of the molecule is CCC(CC)(CC)NCc1ccc(Cl)cc1C. The van der Waals surface area contributed by atoms with E-state index < -0.39 is 0 Å². The average Bonchev–Trinajstić information content (AvgIpc) is 2.33. The van der Waals surface area contributed by atoms with Crippen LogP contribution in [0.3, 0.4) is 0 Å². The van der Waals surface area contributed by atoms with Crippen LogP contribution in [0.25, 0.3) is 0 Å². The molecule has 1 rings (SSSR count). The lowest BCUT2D eigenvalue weighted by molar-refractivity contribution is 0.288. The summed E-state index contributed by atoms with van der Waals surface area (Å²) in [6, 6.07) is 6.12. The van der Waals surface area contributed by atoms with Crippen LogP contribution in [0.1, 0.15) is 51.2 Å². The molecule has 0 aromatic heterocycles. The zero-order chi connectivity index (χ0) is 12.9. The molecule has 0 amide bonds. The van der Waals surface area contributed by atoms with Crippen LogP contribution in [-0.2, 0) is 6.54 Å². The zero-order valence-corrected chi connectivity index (χ0v) is 12.2. The van der Waals surface area contributed by atoms with Gasteiger partial charge in [0.1, 0.15) is 0 Å². The summed E-state index contributed by atoms with van der Waals surface area (Å²) >= 11 is 5.97. The van der Waals surface area contributed by atoms with Gasteiger partial charge in [0, 0.05) is 17.1 Å². The number of benzene rings is 1. The van der Waals surface area contributed by atoms with Crippen LogP contribution in [0.4, 0.5) is 0 Å². The summed E-state index contributed by atoms with van der Waals surface area (Å²) in [5.41, 5.74) is 2.89. The van der Waals surface area contributed by atoms with Gasteiger partial charge >= 0.3 is 0 Å². The van der Waals surface area contributed by atoms with Crippen molar-refractivity contribution in [3.63, 3.8) is 0 Å². The van der Waals surface area contributed by atoms with Crippen LogP contribution in [-0.4, -0.2) is 5.54 Å². The van der Waals surface area contributed by atoms with Crippen LogP contribution < -0.4 is 5.32 Å². The van der Waals surface area contributed by atoms with Crippen molar-refractivity contribution >= 4 is 11.6 Å². The fourth-order valence-corrected chi connectivity index (χ4v) is 2.49. The molecule has 0 radical (unpaired) electrons. The Labute approximate surface area is 111 Å². The van der Waals surface area contributed by atoms with Gasteiger partial charge in [0.25, 0.3) is 0 Å². The van der Waals surface area contributed by atoms with E-state index in [4.69, 9.17) is 11.6 Å². The predicted octanol–water partition coefficient (Wildman–Crippen LogP) is 4.71. The van der Waals surface area contributed by atoms with Crippen molar-refractivity contribution in [2.75, 3.05) is 0 Å². The Morgan fingerprint density at radius 1 is 1.12 bits per heavy atom. The van der Waals surface area contributed by atoms with Crippen molar-refractivity contribution in [2.45, 2.75) is 59.0 Å². The lowest BCUT2D eigenvalue weighted by Crippen LogP contribution is -2.43. The summed E-state index contributed by atoms with van der Waals surface area (Å²) < 4.78 is 0. The molecule has 0 aliphatic carbocycles. The third kappa shape index (κ3) is 3.72. The topological polar surface area (TPSA) is 12.0 Å². The van der Waals surface area contributed by atoms with Gasteiger partial charge < -0.3 is 5.32 Å². The van der Waals surface area contributed by atoms with Gasteiger partial charge in [-0.1, -0.05) is 38.4 Å². The van der Waals surface area contributed by atoms with Crippen molar-refractivity contribution in [3.05, 3.63) is 34.3 Å². The molecule has 0 saturated heterocycles. The maximum Gasteiger partial charge on any atom is 0.0408 e. The van der Waals surface area contributed by atoms with Gasteiger partial charge in [-0.3, -0.25) is 0 Å². The molecule has 96 valence electrons. The number of nitrogens with one attached hydrogen (secondary N) is 1. The average molecular weight is 254 g/mol. The summed E-state index contributed by atoms with van der Waals surface area (Å²) in [5.74, 6) is 0. The molecule has 0 spiro atoms. The van der Waals surface area contributed by atoms with E-state index in [0.717, 1.165) is 11.6 Å². The minimum absolute atomic E-state index is 0.284. The van der Waals surface area contributed by atoms with Crippen molar-refractivity contribution < 1.29 is 0 Å². The first kappa shape index (κ1) is 14.5. The van der Waals surface area contributed by atoms with Crippen molar-refractivity contribution in [2.24, 2.45) is 0 Å². The highest BCUT2D eigenvalue weighted by Crippen LogP contribution is 2.21. The third-order valence-corrected chi connectivity index (χ3v) is 4.22. The van der Waals surface area contributed by atoms with Crippen LogP contribution in [0.2, 0.25) is 5.02 Å². The Morgan fingerprint density at radius 2 is 1.71 bits per heavy atom. The predicted molar refractivity (Wildman–Crippen MR) is 76.6 cm³/mol. The Morgan fingerprint density at radius 3 is 2.18 bits per heavy atom. The molecule has 0 aliphatic rings. The second kappa shape index (κ2) is 6.42. The van der Waals surface area contributed by atoms with Crippen molar-refractivity contribution in [3.8, 4) is 0 Å². The van der Waals surface area contributed by atoms with Gasteiger partial charge in [-0.2, -0.15) is 0 Å². The molecule has 1 N–H and O–H groups in total. The van der Waals surface area contributed by atoms with E-state index in [0.29, 0.717) is 0 Å². The zero-order valence-electron chi connectivity index (χ0n) is 11.4.